The summed E-state index contributed by atoms with van der Waals surface area (Å²) in [6, 6.07) is 52.7. The molecule has 0 aromatic heterocycles. The fourth-order valence-electron chi connectivity index (χ4n) is 5.70. The Kier molecular flexibility index (Phi) is 27.7. The molecule has 0 radical (unpaired) electrons. The summed E-state index contributed by atoms with van der Waals surface area (Å²) in [6.07, 6.45) is 2.59. The largest absolute Gasteiger partial charge is 0.497 e. The number of carbonyl (C=O) groups is 5. The normalized spacial score (nSPS) is 10.4. The number of hydrogen-bond donors (Lipinski definition) is 5. The van der Waals surface area contributed by atoms with Gasteiger partial charge in [0.25, 0.3) is 0 Å². The van der Waals surface area contributed by atoms with Crippen molar-refractivity contribution in [3.05, 3.63) is 192 Å². The summed E-state index contributed by atoms with van der Waals surface area (Å²) in [6.45, 7) is 5.71. The summed E-state index contributed by atoms with van der Waals surface area (Å²) < 4.78 is 9.96. The van der Waals surface area contributed by atoms with E-state index in [2.05, 4.69) is 81.7 Å². The molecule has 5 N–H and O–H groups in total. The highest BCUT2D eigenvalue weighted by Gasteiger charge is 2.21. The molecule has 2 unspecified atom stereocenters. The number of methoxy groups -OCH3 is 2. The standard InChI is InChI=1S/C22H26N4O4.C9H13NO.C8H9NO2.C8H10.C7H8/c1-16(18-10-6-3-7-11-18)25-20(28)15-24-22(30)26-19(21(29)23-12-13-27)14-17-8-4-2-5-9-17;1-10(2)8-4-6-9(11-3)7-5-8;1-11-8-4-2-7(3-5-8)9-6-10;1-2-8-6-4-3-5-7-8;1-7-5-3-2-4-6-7/h2-11,13,16,19H,12,14-15H2,1H3,(H,23,29)(H,25,28)(H2,24,26,30);4-7H,1-3H3;2-6H,1H3,(H,9,10);3-7H,2H2,1H3;2-6H,1H3. The van der Waals surface area contributed by atoms with Crippen LogP contribution in [0.5, 0.6) is 11.5 Å². The van der Waals surface area contributed by atoms with Crippen LogP contribution in [-0.2, 0) is 32.0 Å². The Morgan fingerprint density at radius 3 is 1.55 bits per heavy atom. The van der Waals surface area contributed by atoms with Gasteiger partial charge in [0.1, 0.15) is 23.8 Å². The van der Waals surface area contributed by atoms with Crippen molar-refractivity contribution in [1.82, 2.24) is 21.3 Å². The molecule has 0 saturated heterocycles. The first-order valence-corrected chi connectivity index (χ1v) is 21.8. The number of benzene rings is 6. The van der Waals surface area contributed by atoms with E-state index in [1.807, 2.05) is 130 Å². The zero-order valence-electron chi connectivity index (χ0n) is 39.6. The molecule has 0 aliphatic carbocycles. The Hall–Kier alpha value is -7.93. The first kappa shape index (κ1) is 55.2. The topological polar surface area (TPSA) is 167 Å². The van der Waals surface area contributed by atoms with Gasteiger partial charge in [0.05, 0.1) is 33.4 Å². The van der Waals surface area contributed by atoms with E-state index in [0.717, 1.165) is 34.7 Å². The minimum atomic E-state index is -0.890. The lowest BCUT2D eigenvalue weighted by Gasteiger charge is -2.19. The fraction of sp³-hybridized carbons (Fsp3) is 0.241. The van der Waals surface area contributed by atoms with E-state index in [0.29, 0.717) is 12.7 Å². The molecule has 354 valence electrons. The van der Waals surface area contributed by atoms with Crippen molar-refractivity contribution >= 4 is 41.9 Å². The van der Waals surface area contributed by atoms with Crippen LogP contribution in [0.2, 0.25) is 0 Å². The number of anilines is 2. The molecule has 0 spiro atoms. The predicted octanol–water partition coefficient (Wildman–Crippen LogP) is 8.36. The van der Waals surface area contributed by atoms with E-state index >= 15 is 0 Å². The van der Waals surface area contributed by atoms with Gasteiger partial charge in [-0.1, -0.05) is 134 Å². The van der Waals surface area contributed by atoms with E-state index in [-0.39, 0.29) is 31.5 Å². The highest BCUT2D eigenvalue weighted by Crippen LogP contribution is 2.17. The van der Waals surface area contributed by atoms with E-state index < -0.39 is 18.0 Å². The molecule has 5 amide bonds. The number of amides is 5. The monoisotopic (exact) mass is 910 g/mol. The van der Waals surface area contributed by atoms with Crippen LogP contribution in [-0.4, -0.2) is 78.0 Å². The molecule has 0 aliphatic rings. The minimum Gasteiger partial charge on any atom is -0.497 e. The lowest BCUT2D eigenvalue weighted by atomic mass is 10.1. The number of hydrogen-bond acceptors (Lipinski definition) is 8. The number of nitrogens with one attached hydrogen (secondary N) is 5. The van der Waals surface area contributed by atoms with E-state index in [9.17, 15) is 24.0 Å². The van der Waals surface area contributed by atoms with Crippen molar-refractivity contribution in [2.24, 2.45) is 0 Å². The number of ether oxygens (including phenoxy) is 2. The SMILES string of the molecule is CC(NC(=O)CNC(=O)NC(Cc1ccccc1)C(=O)NCC=O)c1ccccc1.CCc1ccccc1.COc1ccc(N(C)C)cc1.COc1ccc(NC=O)cc1.Cc1ccccc1. The highest BCUT2D eigenvalue weighted by atomic mass is 16.5. The van der Waals surface area contributed by atoms with Gasteiger partial charge in [0.2, 0.25) is 18.2 Å². The Morgan fingerprint density at radius 2 is 1.12 bits per heavy atom. The van der Waals surface area contributed by atoms with Crippen LogP contribution in [0.1, 0.15) is 42.1 Å². The van der Waals surface area contributed by atoms with Crippen LogP contribution in [0, 0.1) is 6.92 Å². The number of nitrogens with zero attached hydrogens (tertiary/aromatic N) is 1. The van der Waals surface area contributed by atoms with Gasteiger partial charge in [-0.15, -0.1) is 0 Å². The Bertz CT molecular complexity index is 2250. The molecule has 2 atom stereocenters. The van der Waals surface area contributed by atoms with E-state index in [1.165, 1.54) is 16.8 Å². The first-order valence-electron chi connectivity index (χ1n) is 21.8. The second kappa shape index (κ2) is 33.6. The van der Waals surface area contributed by atoms with Gasteiger partial charge in [-0.3, -0.25) is 14.4 Å². The van der Waals surface area contributed by atoms with Gasteiger partial charge in [-0.25, -0.2) is 4.79 Å². The zero-order valence-corrected chi connectivity index (χ0v) is 39.6. The maximum atomic E-state index is 12.3. The third-order valence-electron chi connectivity index (χ3n) is 9.45. The summed E-state index contributed by atoms with van der Waals surface area (Å²) in [5, 5.41) is 12.8. The minimum absolute atomic E-state index is 0.146. The van der Waals surface area contributed by atoms with E-state index in [4.69, 9.17) is 9.47 Å². The fourth-order valence-corrected chi connectivity index (χ4v) is 5.70. The Morgan fingerprint density at radius 1 is 0.627 bits per heavy atom. The molecule has 0 heterocycles. The highest BCUT2D eigenvalue weighted by molar-refractivity contribution is 5.90. The average Bonchev–Trinajstić information content (AvgIpc) is 3.37. The number of urea groups is 1. The summed E-state index contributed by atoms with van der Waals surface area (Å²) >= 11 is 0. The summed E-state index contributed by atoms with van der Waals surface area (Å²) in [5.41, 5.74) is 6.48. The molecular formula is C54H66N6O7. The Labute approximate surface area is 396 Å². The Balaban J connectivity index is 0.000000336. The van der Waals surface area contributed by atoms with Gasteiger partial charge in [0.15, 0.2) is 0 Å². The number of carbonyl (C=O) groups excluding carboxylic acids is 5. The van der Waals surface area contributed by atoms with Crippen LogP contribution >= 0.6 is 0 Å². The van der Waals surface area contributed by atoms with Crippen molar-refractivity contribution in [1.29, 1.82) is 0 Å². The van der Waals surface area contributed by atoms with Gasteiger partial charge in [0, 0.05) is 31.9 Å². The summed E-state index contributed by atoms with van der Waals surface area (Å²) in [5.74, 6) is 0.840. The molecule has 0 fully saturated rings. The van der Waals surface area contributed by atoms with Gasteiger partial charge in [-0.2, -0.15) is 0 Å². The lowest BCUT2D eigenvalue weighted by Crippen LogP contribution is -2.52. The molecule has 67 heavy (non-hydrogen) atoms. The van der Waals surface area contributed by atoms with Crippen LogP contribution in [0.4, 0.5) is 16.2 Å². The number of rotatable bonds is 16. The van der Waals surface area contributed by atoms with Crippen LogP contribution in [0.3, 0.4) is 0 Å². The van der Waals surface area contributed by atoms with Crippen molar-refractivity contribution in [3.8, 4) is 11.5 Å². The maximum Gasteiger partial charge on any atom is 0.315 e. The number of aryl methyl sites for hydroxylation is 2. The predicted molar refractivity (Wildman–Crippen MR) is 270 cm³/mol. The van der Waals surface area contributed by atoms with Crippen LogP contribution in [0.15, 0.2) is 170 Å². The summed E-state index contributed by atoms with van der Waals surface area (Å²) in [4.78, 5) is 59.2. The second-order valence-corrected chi connectivity index (χ2v) is 14.8. The average molecular weight is 911 g/mol. The van der Waals surface area contributed by atoms with Gasteiger partial charge < -0.3 is 45.8 Å². The van der Waals surface area contributed by atoms with E-state index in [1.54, 1.807) is 38.5 Å². The lowest BCUT2D eigenvalue weighted by molar-refractivity contribution is -0.124. The smallest absolute Gasteiger partial charge is 0.315 e. The molecule has 6 rings (SSSR count). The molecule has 6 aromatic carbocycles. The molecule has 13 heteroatoms. The summed E-state index contributed by atoms with van der Waals surface area (Å²) in [7, 11) is 7.30. The first-order chi connectivity index (χ1) is 32.4. The third kappa shape index (κ3) is 24.6. The van der Waals surface area contributed by atoms with Crippen molar-refractivity contribution in [2.75, 3.05) is 51.6 Å². The molecular weight excluding hydrogens is 845 g/mol. The van der Waals surface area contributed by atoms with Gasteiger partial charge >= 0.3 is 6.03 Å². The zero-order chi connectivity index (χ0) is 49.1. The number of aldehydes is 1. The third-order valence-corrected chi connectivity index (χ3v) is 9.45. The van der Waals surface area contributed by atoms with Gasteiger partial charge in [-0.05, 0) is 85.5 Å². The molecule has 6 aromatic rings. The maximum absolute atomic E-state index is 12.3. The molecule has 0 saturated carbocycles. The quantitative estimate of drug-likeness (QED) is 0.0605. The molecule has 0 bridgehead atoms. The van der Waals surface area contributed by atoms with Crippen LogP contribution in [0.25, 0.3) is 0 Å². The second-order valence-electron chi connectivity index (χ2n) is 14.8. The van der Waals surface area contributed by atoms with Crippen molar-refractivity contribution < 1.29 is 33.4 Å². The van der Waals surface area contributed by atoms with Crippen molar-refractivity contribution in [2.45, 2.75) is 45.7 Å². The molecule has 13 nitrogen and oxygen atoms in total. The van der Waals surface area contributed by atoms with Crippen molar-refractivity contribution in [3.63, 3.8) is 0 Å². The van der Waals surface area contributed by atoms with Crippen LogP contribution < -0.4 is 41.0 Å². The molecule has 0 aliphatic heterocycles.